The zero-order chi connectivity index (χ0) is 24.6. The summed E-state index contributed by atoms with van der Waals surface area (Å²) >= 11 is 0. The molecule has 0 amide bonds. The number of aromatic nitrogens is 2. The van der Waals surface area contributed by atoms with Crippen molar-refractivity contribution in [1.29, 1.82) is 5.26 Å². The number of allylic oxidation sites excluding steroid dienone is 1. The molecule has 0 aliphatic carbocycles. The molecule has 2 aliphatic rings. The Labute approximate surface area is 210 Å². The second-order valence-electron chi connectivity index (χ2n) is 9.57. The SMILES string of the molecule is C/C(C#N)=C1\c2ccc(Cn3c(N4CCCCC4)nc4ccccc43)cc2COc2cc(F)ccc21. The van der Waals surface area contributed by atoms with Crippen molar-refractivity contribution >= 4 is 22.6 Å². The van der Waals surface area contributed by atoms with E-state index in [1.807, 2.05) is 6.07 Å². The third kappa shape index (κ3) is 3.91. The summed E-state index contributed by atoms with van der Waals surface area (Å²) in [7, 11) is 0. The van der Waals surface area contributed by atoms with Crippen molar-refractivity contribution in [3.63, 3.8) is 0 Å². The lowest BCUT2D eigenvalue weighted by molar-refractivity contribution is 0.305. The number of rotatable bonds is 3. The molecule has 3 heterocycles. The first-order chi connectivity index (χ1) is 17.6. The maximum atomic E-state index is 14.0. The largest absolute Gasteiger partial charge is 0.488 e. The van der Waals surface area contributed by atoms with Crippen molar-refractivity contribution in [2.75, 3.05) is 18.0 Å². The van der Waals surface area contributed by atoms with Gasteiger partial charge in [0, 0.05) is 35.9 Å². The van der Waals surface area contributed by atoms with Crippen molar-refractivity contribution in [2.45, 2.75) is 39.3 Å². The highest BCUT2D eigenvalue weighted by Gasteiger charge is 2.23. The van der Waals surface area contributed by atoms with Gasteiger partial charge in [-0.05, 0) is 73.2 Å². The molecule has 1 saturated heterocycles. The summed E-state index contributed by atoms with van der Waals surface area (Å²) in [4.78, 5) is 7.40. The number of anilines is 1. The van der Waals surface area contributed by atoms with Gasteiger partial charge in [0.15, 0.2) is 0 Å². The van der Waals surface area contributed by atoms with E-state index < -0.39 is 0 Å². The Kier molecular flexibility index (Phi) is 5.69. The maximum Gasteiger partial charge on any atom is 0.206 e. The third-order valence-corrected chi connectivity index (χ3v) is 7.19. The lowest BCUT2D eigenvalue weighted by Gasteiger charge is -2.28. The van der Waals surface area contributed by atoms with Crippen LogP contribution in [0.4, 0.5) is 10.3 Å². The van der Waals surface area contributed by atoms with E-state index in [4.69, 9.17) is 9.72 Å². The maximum absolute atomic E-state index is 14.0. The van der Waals surface area contributed by atoms with E-state index in [0.717, 1.165) is 57.9 Å². The second-order valence-corrected chi connectivity index (χ2v) is 9.57. The molecular weight excluding hydrogens is 451 g/mol. The van der Waals surface area contributed by atoms with E-state index >= 15 is 0 Å². The monoisotopic (exact) mass is 478 g/mol. The zero-order valence-corrected chi connectivity index (χ0v) is 20.3. The lowest BCUT2D eigenvalue weighted by atomic mass is 9.90. The number of ether oxygens (including phenoxy) is 1. The molecule has 0 N–H and O–H groups in total. The quantitative estimate of drug-likeness (QED) is 0.318. The number of hydrogen-bond donors (Lipinski definition) is 0. The third-order valence-electron chi connectivity index (χ3n) is 7.19. The highest BCUT2D eigenvalue weighted by molar-refractivity contribution is 5.88. The molecule has 6 rings (SSSR count). The van der Waals surface area contributed by atoms with Crippen LogP contribution >= 0.6 is 0 Å². The van der Waals surface area contributed by atoms with Gasteiger partial charge in [-0.15, -0.1) is 0 Å². The molecule has 3 aromatic carbocycles. The Bertz CT molecular complexity index is 1540. The molecule has 0 radical (unpaired) electrons. The van der Waals surface area contributed by atoms with Gasteiger partial charge in [-0.2, -0.15) is 5.26 Å². The Morgan fingerprint density at radius 3 is 2.67 bits per heavy atom. The lowest BCUT2D eigenvalue weighted by Crippen LogP contribution is -2.32. The van der Waals surface area contributed by atoms with Gasteiger partial charge in [0.2, 0.25) is 5.95 Å². The van der Waals surface area contributed by atoms with Crippen LogP contribution in [0.3, 0.4) is 0 Å². The van der Waals surface area contributed by atoms with Gasteiger partial charge < -0.3 is 14.2 Å². The Balaban J connectivity index is 1.43. The molecule has 0 spiro atoms. The van der Waals surface area contributed by atoms with Gasteiger partial charge in [0.05, 0.1) is 23.6 Å². The topological polar surface area (TPSA) is 54.1 Å². The van der Waals surface area contributed by atoms with Crippen LogP contribution in [0.1, 0.15) is 48.4 Å². The summed E-state index contributed by atoms with van der Waals surface area (Å²) in [6.45, 7) is 4.84. The van der Waals surface area contributed by atoms with E-state index in [9.17, 15) is 9.65 Å². The number of imidazole rings is 1. The average molecular weight is 479 g/mol. The number of fused-ring (bicyclic) bond motifs is 3. The van der Waals surface area contributed by atoms with Crippen LogP contribution in [0.25, 0.3) is 16.6 Å². The molecule has 6 heteroatoms. The fraction of sp³-hybridized carbons (Fsp3) is 0.267. The summed E-state index contributed by atoms with van der Waals surface area (Å²) in [5.74, 6) is 1.13. The molecule has 0 bridgehead atoms. The first-order valence-electron chi connectivity index (χ1n) is 12.5. The van der Waals surface area contributed by atoms with E-state index in [2.05, 4.69) is 51.9 Å². The van der Waals surface area contributed by atoms with Crippen molar-refractivity contribution in [3.05, 3.63) is 94.3 Å². The fourth-order valence-electron chi connectivity index (χ4n) is 5.43. The summed E-state index contributed by atoms with van der Waals surface area (Å²) in [5.41, 5.74) is 7.31. The summed E-state index contributed by atoms with van der Waals surface area (Å²) < 4.78 is 22.3. The number of halogens is 1. The molecule has 5 nitrogen and oxygen atoms in total. The molecule has 4 aromatic rings. The average Bonchev–Trinajstić information content (AvgIpc) is 3.19. The number of para-hydroxylation sites is 2. The van der Waals surface area contributed by atoms with E-state index in [0.29, 0.717) is 24.5 Å². The smallest absolute Gasteiger partial charge is 0.206 e. The van der Waals surface area contributed by atoms with Crippen LogP contribution in [0, 0.1) is 17.1 Å². The van der Waals surface area contributed by atoms with Gasteiger partial charge in [-0.1, -0.05) is 24.3 Å². The summed E-state index contributed by atoms with van der Waals surface area (Å²) in [6.07, 6.45) is 3.65. The Morgan fingerprint density at radius 2 is 1.83 bits per heavy atom. The van der Waals surface area contributed by atoms with Crippen LogP contribution in [0.5, 0.6) is 5.75 Å². The predicted molar refractivity (Wildman–Crippen MR) is 139 cm³/mol. The summed E-state index contributed by atoms with van der Waals surface area (Å²) in [6, 6.07) is 21.4. The van der Waals surface area contributed by atoms with Gasteiger partial charge in [-0.25, -0.2) is 9.37 Å². The second kappa shape index (κ2) is 9.16. The molecule has 1 fully saturated rings. The van der Waals surface area contributed by atoms with Gasteiger partial charge in [0.25, 0.3) is 0 Å². The number of benzene rings is 3. The number of hydrogen-bond acceptors (Lipinski definition) is 4. The molecule has 1 aromatic heterocycles. The minimum atomic E-state index is -0.355. The van der Waals surface area contributed by atoms with Gasteiger partial charge in [0.1, 0.15) is 18.2 Å². The van der Waals surface area contributed by atoms with Crippen LogP contribution in [0.2, 0.25) is 0 Å². The van der Waals surface area contributed by atoms with Gasteiger partial charge in [-0.3, -0.25) is 0 Å². The Hall–Kier alpha value is -4.11. The van der Waals surface area contributed by atoms with E-state index in [1.54, 1.807) is 13.0 Å². The van der Waals surface area contributed by atoms with Crippen molar-refractivity contribution in [2.24, 2.45) is 0 Å². The summed E-state index contributed by atoms with van der Waals surface area (Å²) in [5, 5.41) is 9.73. The van der Waals surface area contributed by atoms with Crippen molar-refractivity contribution in [3.8, 4) is 11.8 Å². The molecule has 0 atom stereocenters. The molecule has 0 unspecified atom stereocenters. The Morgan fingerprint density at radius 1 is 1.03 bits per heavy atom. The first kappa shape index (κ1) is 22.4. The molecule has 2 aliphatic heterocycles. The number of nitrogens with zero attached hydrogens (tertiary/aromatic N) is 4. The number of nitriles is 1. The molecule has 36 heavy (non-hydrogen) atoms. The van der Waals surface area contributed by atoms with Crippen LogP contribution in [-0.4, -0.2) is 22.6 Å². The number of piperidine rings is 1. The predicted octanol–water partition coefficient (Wildman–Crippen LogP) is 6.45. The molecular formula is C30H27FN4O. The van der Waals surface area contributed by atoms with Crippen LogP contribution in [0.15, 0.2) is 66.2 Å². The standard InChI is InChI=1S/C30H27FN4O/c1-20(17-32)29-24-11-9-21(15-22(24)19-36-28-16-23(31)10-12-25(28)29)18-35-27-8-4-3-7-26(27)33-30(35)34-13-5-2-6-14-34/h3-4,7-12,15-16H,2,5-6,13-14,18-19H2,1H3/b29-20-. The molecule has 0 saturated carbocycles. The first-order valence-corrected chi connectivity index (χ1v) is 12.5. The zero-order valence-electron chi connectivity index (χ0n) is 20.3. The molecule has 180 valence electrons. The minimum absolute atomic E-state index is 0.311. The highest BCUT2D eigenvalue weighted by Crippen LogP contribution is 2.39. The van der Waals surface area contributed by atoms with Crippen LogP contribution in [-0.2, 0) is 13.2 Å². The normalized spacial score (nSPS) is 16.5. The van der Waals surface area contributed by atoms with Crippen LogP contribution < -0.4 is 9.64 Å². The van der Waals surface area contributed by atoms with E-state index in [1.165, 1.54) is 31.4 Å². The van der Waals surface area contributed by atoms with Crippen molar-refractivity contribution in [1.82, 2.24) is 9.55 Å². The van der Waals surface area contributed by atoms with E-state index in [-0.39, 0.29) is 5.82 Å². The minimum Gasteiger partial charge on any atom is -0.488 e. The highest BCUT2D eigenvalue weighted by atomic mass is 19.1. The fourth-order valence-corrected chi connectivity index (χ4v) is 5.43. The van der Waals surface area contributed by atoms with Gasteiger partial charge >= 0.3 is 0 Å². The van der Waals surface area contributed by atoms with Crippen molar-refractivity contribution < 1.29 is 9.13 Å².